The standard InChI is InChI=1S/C31H27N5O3/c1-31(14-5-8-25(19-31)39-24-6-3-2-4-7-24)35-30-33-17-13-26(34-30)23-9-10-28-27(18-23)36(29(37)21-38-28)20-22-11-15-32-16-12-22/h2-13,15-19H,14,20-21H2,1H3,(H,33,34,35). The maximum Gasteiger partial charge on any atom is 0.265 e. The van der Waals surface area contributed by atoms with E-state index in [1.807, 2.05) is 72.8 Å². The number of pyridine rings is 1. The Bertz CT molecular complexity index is 1560. The molecule has 39 heavy (non-hydrogen) atoms. The summed E-state index contributed by atoms with van der Waals surface area (Å²) in [7, 11) is 0. The van der Waals surface area contributed by atoms with Crippen molar-refractivity contribution >= 4 is 17.5 Å². The highest BCUT2D eigenvalue weighted by molar-refractivity contribution is 5.98. The van der Waals surface area contributed by atoms with Gasteiger partial charge in [-0.3, -0.25) is 9.78 Å². The van der Waals surface area contributed by atoms with Crippen LogP contribution in [0.4, 0.5) is 11.6 Å². The number of rotatable bonds is 7. The molecule has 4 aromatic rings. The molecule has 0 saturated carbocycles. The number of nitrogens with zero attached hydrogens (tertiary/aromatic N) is 4. The van der Waals surface area contributed by atoms with Gasteiger partial charge < -0.3 is 19.7 Å². The molecule has 2 aliphatic rings. The Morgan fingerprint density at radius 1 is 1.05 bits per heavy atom. The van der Waals surface area contributed by atoms with Crippen molar-refractivity contribution in [2.24, 2.45) is 0 Å². The Morgan fingerprint density at radius 3 is 2.74 bits per heavy atom. The minimum absolute atomic E-state index is 0.00945. The molecule has 3 heterocycles. The number of hydrogen-bond donors (Lipinski definition) is 1. The lowest BCUT2D eigenvalue weighted by Crippen LogP contribution is -2.38. The zero-order valence-corrected chi connectivity index (χ0v) is 21.4. The van der Waals surface area contributed by atoms with E-state index in [4.69, 9.17) is 14.5 Å². The first-order chi connectivity index (χ1) is 19.0. The number of carbonyl (C=O) groups excluding carboxylic acids is 1. The molecule has 6 rings (SSSR count). The molecule has 8 heteroatoms. The topological polar surface area (TPSA) is 89.5 Å². The average Bonchev–Trinajstić information content (AvgIpc) is 2.95. The van der Waals surface area contributed by atoms with E-state index in [-0.39, 0.29) is 12.5 Å². The van der Waals surface area contributed by atoms with Crippen LogP contribution in [0.15, 0.2) is 109 Å². The lowest BCUT2D eigenvalue weighted by Gasteiger charge is -2.30. The van der Waals surface area contributed by atoms with E-state index in [2.05, 4.69) is 34.4 Å². The molecule has 1 atom stereocenters. The highest BCUT2D eigenvalue weighted by Crippen LogP contribution is 2.37. The minimum Gasteiger partial charge on any atom is -0.482 e. The van der Waals surface area contributed by atoms with Gasteiger partial charge in [0.2, 0.25) is 5.95 Å². The van der Waals surface area contributed by atoms with Crippen molar-refractivity contribution in [3.63, 3.8) is 0 Å². The molecule has 0 spiro atoms. The Morgan fingerprint density at radius 2 is 1.90 bits per heavy atom. The van der Waals surface area contributed by atoms with E-state index in [0.29, 0.717) is 23.9 Å². The van der Waals surface area contributed by atoms with Gasteiger partial charge in [-0.15, -0.1) is 0 Å². The summed E-state index contributed by atoms with van der Waals surface area (Å²) in [4.78, 5) is 27.9. The van der Waals surface area contributed by atoms with Crippen LogP contribution in [0, 0.1) is 0 Å². The Balaban J connectivity index is 1.24. The molecule has 0 bridgehead atoms. The molecule has 2 aromatic carbocycles. The van der Waals surface area contributed by atoms with Crippen LogP contribution in [-0.4, -0.2) is 33.0 Å². The van der Waals surface area contributed by atoms with Gasteiger partial charge in [0, 0.05) is 24.2 Å². The maximum atomic E-state index is 12.8. The van der Waals surface area contributed by atoms with E-state index in [9.17, 15) is 4.79 Å². The van der Waals surface area contributed by atoms with E-state index in [1.165, 1.54) is 0 Å². The van der Waals surface area contributed by atoms with Gasteiger partial charge >= 0.3 is 0 Å². The second-order valence-corrected chi connectivity index (χ2v) is 9.68. The quantitative estimate of drug-likeness (QED) is 0.343. The second kappa shape index (κ2) is 10.4. The van der Waals surface area contributed by atoms with Gasteiger partial charge in [0.05, 0.1) is 23.5 Å². The molecule has 0 saturated heterocycles. The van der Waals surface area contributed by atoms with Gasteiger partial charge in [-0.25, -0.2) is 9.97 Å². The van der Waals surface area contributed by atoms with Crippen LogP contribution in [-0.2, 0) is 11.3 Å². The molecule has 1 aliphatic carbocycles. The third-order valence-electron chi connectivity index (χ3n) is 6.60. The monoisotopic (exact) mass is 517 g/mol. The third kappa shape index (κ3) is 5.50. The molecular formula is C31H27N5O3. The van der Waals surface area contributed by atoms with Crippen molar-refractivity contribution in [3.05, 3.63) is 115 Å². The molecule has 194 valence electrons. The largest absolute Gasteiger partial charge is 0.482 e. The highest BCUT2D eigenvalue weighted by Gasteiger charge is 2.27. The summed E-state index contributed by atoms with van der Waals surface area (Å²) in [5.74, 6) is 2.60. The predicted molar refractivity (Wildman–Crippen MR) is 149 cm³/mol. The number of nitrogens with one attached hydrogen (secondary N) is 1. The number of aromatic nitrogens is 3. The molecular weight excluding hydrogens is 490 g/mol. The van der Waals surface area contributed by atoms with Crippen molar-refractivity contribution in [2.45, 2.75) is 25.4 Å². The minimum atomic E-state index is -0.436. The van der Waals surface area contributed by atoms with Crippen LogP contribution < -0.4 is 19.7 Å². The number of carbonyl (C=O) groups is 1. The van der Waals surface area contributed by atoms with Crippen LogP contribution in [0.5, 0.6) is 11.5 Å². The zero-order valence-electron chi connectivity index (χ0n) is 21.4. The van der Waals surface area contributed by atoms with Gasteiger partial charge in [0.1, 0.15) is 17.3 Å². The number of allylic oxidation sites excluding steroid dienone is 1. The number of benzene rings is 2. The van der Waals surface area contributed by atoms with Gasteiger partial charge in [-0.05, 0) is 79.6 Å². The first kappa shape index (κ1) is 24.4. The van der Waals surface area contributed by atoms with Crippen molar-refractivity contribution in [2.75, 3.05) is 16.8 Å². The first-order valence-electron chi connectivity index (χ1n) is 12.7. The van der Waals surface area contributed by atoms with E-state index in [1.54, 1.807) is 23.5 Å². The Labute approximate surface area is 226 Å². The fraction of sp³-hybridized carbons (Fsp3) is 0.161. The second-order valence-electron chi connectivity index (χ2n) is 9.68. The van der Waals surface area contributed by atoms with Crippen molar-refractivity contribution in [3.8, 4) is 22.8 Å². The van der Waals surface area contributed by atoms with Crippen LogP contribution in [0.25, 0.3) is 11.3 Å². The number of anilines is 2. The summed E-state index contributed by atoms with van der Waals surface area (Å²) < 4.78 is 11.8. The van der Waals surface area contributed by atoms with Crippen LogP contribution in [0.3, 0.4) is 0 Å². The lowest BCUT2D eigenvalue weighted by atomic mass is 9.93. The zero-order chi connectivity index (χ0) is 26.7. The van der Waals surface area contributed by atoms with Gasteiger partial charge in [-0.2, -0.15) is 0 Å². The molecule has 1 unspecified atom stereocenters. The summed E-state index contributed by atoms with van der Waals surface area (Å²) >= 11 is 0. The lowest BCUT2D eigenvalue weighted by molar-refractivity contribution is -0.121. The maximum absolute atomic E-state index is 12.8. The smallest absolute Gasteiger partial charge is 0.265 e. The van der Waals surface area contributed by atoms with Crippen LogP contribution >= 0.6 is 0 Å². The van der Waals surface area contributed by atoms with Gasteiger partial charge in [0.25, 0.3) is 5.91 Å². The number of ether oxygens (including phenoxy) is 2. The summed E-state index contributed by atoms with van der Waals surface area (Å²) in [6.07, 6.45) is 12.0. The number of amides is 1. The number of para-hydroxylation sites is 1. The van der Waals surface area contributed by atoms with Gasteiger partial charge in [0.15, 0.2) is 6.61 Å². The normalized spacial score (nSPS) is 18.1. The SMILES string of the molecule is CC1(Nc2nccc(-c3ccc4c(c3)N(Cc3ccncc3)C(=O)CO4)n2)C=C(Oc2ccccc2)C=CC1. The van der Waals surface area contributed by atoms with Crippen LogP contribution in [0.1, 0.15) is 18.9 Å². The fourth-order valence-corrected chi connectivity index (χ4v) is 4.66. The molecule has 8 nitrogen and oxygen atoms in total. The fourth-order valence-electron chi connectivity index (χ4n) is 4.66. The summed E-state index contributed by atoms with van der Waals surface area (Å²) in [5.41, 5.74) is 2.85. The van der Waals surface area contributed by atoms with Crippen LogP contribution in [0.2, 0.25) is 0 Å². The highest BCUT2D eigenvalue weighted by atomic mass is 16.5. The summed E-state index contributed by atoms with van der Waals surface area (Å²) in [6, 6.07) is 21.1. The average molecular weight is 518 g/mol. The van der Waals surface area contributed by atoms with Crippen molar-refractivity contribution < 1.29 is 14.3 Å². The first-order valence-corrected chi connectivity index (χ1v) is 12.7. The molecule has 1 N–H and O–H groups in total. The number of fused-ring (bicyclic) bond motifs is 1. The van der Waals surface area contributed by atoms with Crippen molar-refractivity contribution in [1.82, 2.24) is 15.0 Å². The molecule has 0 radical (unpaired) electrons. The van der Waals surface area contributed by atoms with Crippen molar-refractivity contribution in [1.29, 1.82) is 0 Å². The molecule has 0 fully saturated rings. The summed E-state index contributed by atoms with van der Waals surface area (Å²) in [5, 5.41) is 3.47. The molecule has 1 aliphatic heterocycles. The predicted octanol–water partition coefficient (Wildman–Crippen LogP) is 5.56. The molecule has 2 aromatic heterocycles. The molecule has 1 amide bonds. The third-order valence-corrected chi connectivity index (χ3v) is 6.60. The van der Waals surface area contributed by atoms with E-state index >= 15 is 0 Å². The number of hydrogen-bond acceptors (Lipinski definition) is 7. The Kier molecular flexibility index (Phi) is 6.50. The van der Waals surface area contributed by atoms with Gasteiger partial charge in [-0.1, -0.05) is 24.3 Å². The van der Waals surface area contributed by atoms with E-state index < -0.39 is 5.54 Å². The Hall–Kier alpha value is -4.98. The summed E-state index contributed by atoms with van der Waals surface area (Å²) in [6.45, 7) is 2.53. The van der Waals surface area contributed by atoms with E-state index in [0.717, 1.165) is 34.8 Å².